The van der Waals surface area contributed by atoms with Crippen LogP contribution in [0.1, 0.15) is 43.0 Å². The van der Waals surface area contributed by atoms with Crippen molar-refractivity contribution in [3.8, 4) is 17.1 Å². The smallest absolute Gasteiger partial charge is 0.228 e. The van der Waals surface area contributed by atoms with Crippen LogP contribution in [0.3, 0.4) is 0 Å². The summed E-state index contributed by atoms with van der Waals surface area (Å²) in [7, 11) is 1.63. The van der Waals surface area contributed by atoms with Gasteiger partial charge in [-0.1, -0.05) is 32.0 Å². The first kappa shape index (κ1) is 20.7. The predicted octanol–water partition coefficient (Wildman–Crippen LogP) is 4.77. The number of pyridine rings is 1. The fourth-order valence-corrected chi connectivity index (χ4v) is 4.85. The Hall–Kier alpha value is -3.94. The number of ether oxygens (including phenoxy) is 1. The summed E-state index contributed by atoms with van der Waals surface area (Å²) in [6.45, 7) is 4.30. The highest BCUT2D eigenvalue weighted by molar-refractivity contribution is 5.85. The van der Waals surface area contributed by atoms with Gasteiger partial charge >= 0.3 is 0 Å². The molecule has 1 aromatic carbocycles. The number of para-hydroxylation sites is 1. The zero-order chi connectivity index (χ0) is 23.2. The average molecular weight is 454 g/mol. The number of rotatable bonds is 5. The molecular weight excluding hydrogens is 426 g/mol. The molecule has 0 fully saturated rings. The van der Waals surface area contributed by atoms with E-state index in [1.807, 2.05) is 16.8 Å². The Labute approximate surface area is 197 Å². The van der Waals surface area contributed by atoms with E-state index in [0.29, 0.717) is 23.4 Å². The number of hydrogen-bond donors (Lipinski definition) is 2. The van der Waals surface area contributed by atoms with Crippen LogP contribution in [-0.4, -0.2) is 42.7 Å². The number of nitrogens with zero attached hydrogens (tertiary/aromatic N) is 5. The third-order valence-electron chi connectivity index (χ3n) is 6.65. The predicted molar refractivity (Wildman–Crippen MR) is 132 cm³/mol. The number of nitrogens with one attached hydrogen (secondary N) is 2. The lowest BCUT2D eigenvalue weighted by atomic mass is 9.91. The Morgan fingerprint density at radius 3 is 2.88 bits per heavy atom. The van der Waals surface area contributed by atoms with Crippen LogP contribution in [0.5, 0.6) is 5.75 Å². The molecular formula is C26H27N7O. The van der Waals surface area contributed by atoms with Crippen LogP contribution in [0.2, 0.25) is 0 Å². The third kappa shape index (κ3) is 3.46. The van der Waals surface area contributed by atoms with E-state index in [1.165, 1.54) is 22.2 Å². The van der Waals surface area contributed by atoms with Gasteiger partial charge in [-0.15, -0.1) is 0 Å². The van der Waals surface area contributed by atoms with Crippen molar-refractivity contribution in [3.05, 3.63) is 65.7 Å². The van der Waals surface area contributed by atoms with Crippen LogP contribution >= 0.6 is 0 Å². The van der Waals surface area contributed by atoms with Crippen molar-refractivity contribution in [3.63, 3.8) is 0 Å². The molecule has 0 radical (unpaired) electrons. The zero-order valence-electron chi connectivity index (χ0n) is 19.5. The molecule has 6 rings (SSSR count). The van der Waals surface area contributed by atoms with E-state index in [9.17, 15) is 0 Å². The normalized spacial score (nSPS) is 15.7. The maximum atomic E-state index is 5.37. The van der Waals surface area contributed by atoms with Gasteiger partial charge in [0.05, 0.1) is 19.5 Å². The van der Waals surface area contributed by atoms with Gasteiger partial charge in [0.1, 0.15) is 5.75 Å². The van der Waals surface area contributed by atoms with E-state index < -0.39 is 0 Å². The van der Waals surface area contributed by atoms with E-state index in [-0.39, 0.29) is 6.04 Å². The standard InChI is InChI=1S/C26H27N7O/c1-15(2)21-14-28-33-25(21)31-24(16-10-18(34-3)13-27-12-16)32-26(33)29-17-8-9-23-20(11-17)19-6-4-5-7-22(19)30-23/h4-7,10,12-15,17,30H,8-9,11H2,1-3H3,(H,29,31,32)/t17-/m1/s1. The Bertz CT molecular complexity index is 1500. The summed E-state index contributed by atoms with van der Waals surface area (Å²) in [6, 6.07) is 10.7. The van der Waals surface area contributed by atoms with E-state index in [0.717, 1.165) is 36.0 Å². The van der Waals surface area contributed by atoms with Gasteiger partial charge < -0.3 is 15.0 Å². The van der Waals surface area contributed by atoms with Gasteiger partial charge in [0.25, 0.3) is 0 Å². The van der Waals surface area contributed by atoms with Crippen molar-refractivity contribution in [2.24, 2.45) is 0 Å². The SMILES string of the molecule is COc1cncc(-c2nc(N[C@@H]3CCc4[nH]c5ccccc5c4C3)n3ncc(C(C)C)c3n2)c1. The maximum absolute atomic E-state index is 5.37. The van der Waals surface area contributed by atoms with Gasteiger partial charge in [0, 0.05) is 40.0 Å². The van der Waals surface area contributed by atoms with E-state index in [1.54, 1.807) is 19.5 Å². The van der Waals surface area contributed by atoms with E-state index >= 15 is 0 Å². The van der Waals surface area contributed by atoms with Crippen LogP contribution in [0.4, 0.5) is 5.95 Å². The van der Waals surface area contributed by atoms with Gasteiger partial charge in [0.2, 0.25) is 5.95 Å². The number of aromatic nitrogens is 6. The lowest BCUT2D eigenvalue weighted by Crippen LogP contribution is -2.29. The number of hydrogen-bond acceptors (Lipinski definition) is 6. The van der Waals surface area contributed by atoms with Crippen molar-refractivity contribution in [1.82, 2.24) is 29.5 Å². The molecule has 8 heteroatoms. The maximum Gasteiger partial charge on any atom is 0.228 e. The van der Waals surface area contributed by atoms with Crippen LogP contribution in [-0.2, 0) is 12.8 Å². The number of anilines is 1. The summed E-state index contributed by atoms with van der Waals surface area (Å²) >= 11 is 0. The molecule has 0 saturated carbocycles. The quantitative estimate of drug-likeness (QED) is 0.398. The molecule has 0 aliphatic heterocycles. The van der Waals surface area contributed by atoms with Gasteiger partial charge in [-0.25, -0.2) is 4.98 Å². The molecule has 5 aromatic rings. The van der Waals surface area contributed by atoms with Crippen molar-refractivity contribution < 1.29 is 4.74 Å². The topological polar surface area (TPSA) is 93.0 Å². The Balaban J connectivity index is 1.41. The average Bonchev–Trinajstić information content (AvgIpc) is 3.46. The number of H-pyrrole nitrogens is 1. The molecule has 4 heterocycles. The second-order valence-corrected chi connectivity index (χ2v) is 9.19. The number of fused-ring (bicyclic) bond motifs is 4. The van der Waals surface area contributed by atoms with Crippen LogP contribution < -0.4 is 10.1 Å². The van der Waals surface area contributed by atoms with Crippen molar-refractivity contribution >= 4 is 22.5 Å². The van der Waals surface area contributed by atoms with Gasteiger partial charge in [-0.2, -0.15) is 14.6 Å². The summed E-state index contributed by atoms with van der Waals surface area (Å²) < 4.78 is 7.20. The second kappa shape index (κ2) is 8.13. The van der Waals surface area contributed by atoms with Crippen molar-refractivity contribution in [2.45, 2.75) is 45.1 Å². The van der Waals surface area contributed by atoms with Gasteiger partial charge in [-0.3, -0.25) is 4.98 Å². The molecule has 0 saturated heterocycles. The van der Waals surface area contributed by atoms with Gasteiger partial charge in [0.15, 0.2) is 11.5 Å². The Kier molecular flexibility index (Phi) is 4.94. The van der Waals surface area contributed by atoms with Crippen molar-refractivity contribution in [1.29, 1.82) is 0 Å². The highest BCUT2D eigenvalue weighted by Crippen LogP contribution is 2.31. The van der Waals surface area contributed by atoms with E-state index in [4.69, 9.17) is 14.7 Å². The first-order valence-corrected chi connectivity index (χ1v) is 11.7. The third-order valence-corrected chi connectivity index (χ3v) is 6.65. The monoisotopic (exact) mass is 453 g/mol. The molecule has 2 N–H and O–H groups in total. The number of aryl methyl sites for hydroxylation is 1. The second-order valence-electron chi connectivity index (χ2n) is 9.19. The Morgan fingerprint density at radius 1 is 1.15 bits per heavy atom. The largest absolute Gasteiger partial charge is 0.495 e. The Morgan fingerprint density at radius 2 is 2.03 bits per heavy atom. The first-order valence-electron chi connectivity index (χ1n) is 11.7. The zero-order valence-corrected chi connectivity index (χ0v) is 19.5. The molecule has 0 bridgehead atoms. The fraction of sp³-hybridized carbons (Fsp3) is 0.308. The molecule has 172 valence electrons. The van der Waals surface area contributed by atoms with Crippen LogP contribution in [0.25, 0.3) is 27.9 Å². The molecule has 1 aliphatic carbocycles. The van der Waals surface area contributed by atoms with E-state index in [2.05, 4.69) is 58.5 Å². The molecule has 4 aromatic heterocycles. The van der Waals surface area contributed by atoms with Crippen molar-refractivity contribution in [2.75, 3.05) is 12.4 Å². The minimum Gasteiger partial charge on any atom is -0.495 e. The summed E-state index contributed by atoms with van der Waals surface area (Å²) in [5.41, 5.74) is 6.66. The van der Waals surface area contributed by atoms with Crippen LogP contribution in [0.15, 0.2) is 48.9 Å². The lowest BCUT2D eigenvalue weighted by Gasteiger charge is -2.24. The summed E-state index contributed by atoms with van der Waals surface area (Å²) in [5.74, 6) is 2.27. The molecule has 1 aliphatic rings. The molecule has 8 nitrogen and oxygen atoms in total. The fourth-order valence-electron chi connectivity index (χ4n) is 4.85. The summed E-state index contributed by atoms with van der Waals surface area (Å²) in [4.78, 5) is 17.7. The number of benzene rings is 1. The van der Waals surface area contributed by atoms with Crippen LogP contribution in [0, 0.1) is 0 Å². The lowest BCUT2D eigenvalue weighted by molar-refractivity contribution is 0.413. The molecule has 0 spiro atoms. The number of methoxy groups -OCH3 is 1. The number of aromatic amines is 1. The first-order chi connectivity index (χ1) is 16.6. The molecule has 1 atom stereocenters. The summed E-state index contributed by atoms with van der Waals surface area (Å²) in [6.07, 6.45) is 8.28. The minimum atomic E-state index is 0.243. The molecule has 34 heavy (non-hydrogen) atoms. The van der Waals surface area contributed by atoms with Gasteiger partial charge in [-0.05, 0) is 42.9 Å². The minimum absolute atomic E-state index is 0.243. The highest BCUT2D eigenvalue weighted by atomic mass is 16.5. The summed E-state index contributed by atoms with van der Waals surface area (Å²) in [5, 5.41) is 9.64. The molecule has 0 unspecified atom stereocenters. The molecule has 0 amide bonds. The highest BCUT2D eigenvalue weighted by Gasteiger charge is 2.24.